The Morgan fingerprint density at radius 1 is 1.27 bits per heavy atom. The van der Waals surface area contributed by atoms with Crippen molar-refractivity contribution in [2.24, 2.45) is 0 Å². The molecule has 2 aromatic rings. The molecule has 2 aromatic carbocycles. The Balaban J connectivity index is 1.66. The summed E-state index contributed by atoms with van der Waals surface area (Å²) in [4.78, 5) is 23.8. The van der Waals surface area contributed by atoms with Gasteiger partial charge in [0.1, 0.15) is 11.5 Å². The van der Waals surface area contributed by atoms with Gasteiger partial charge in [0.15, 0.2) is 12.6 Å². The first-order valence-electron chi connectivity index (χ1n) is 8.57. The molecule has 1 unspecified atom stereocenters. The van der Waals surface area contributed by atoms with Crippen LogP contribution in [0.5, 0.6) is 11.5 Å². The van der Waals surface area contributed by atoms with Crippen LogP contribution in [0.4, 0.5) is 0 Å². The number of benzene rings is 2. The molecular weight excluding hydrogens is 334 g/mol. The van der Waals surface area contributed by atoms with Crippen LogP contribution in [0.15, 0.2) is 42.5 Å². The molecule has 0 bridgehead atoms. The lowest BCUT2D eigenvalue weighted by molar-refractivity contribution is -0.142. The van der Waals surface area contributed by atoms with Crippen molar-refractivity contribution in [2.75, 3.05) is 13.2 Å². The van der Waals surface area contributed by atoms with Gasteiger partial charge in [0.2, 0.25) is 0 Å². The number of aliphatic carboxylic acids is 1. The first-order chi connectivity index (χ1) is 12.6. The Morgan fingerprint density at radius 2 is 2.08 bits per heavy atom. The van der Waals surface area contributed by atoms with Crippen LogP contribution in [0.1, 0.15) is 29.7 Å². The van der Waals surface area contributed by atoms with E-state index in [1.807, 2.05) is 25.1 Å². The molecule has 0 aliphatic carbocycles. The molecule has 2 N–H and O–H groups in total. The van der Waals surface area contributed by atoms with Gasteiger partial charge < -0.3 is 19.9 Å². The average Bonchev–Trinajstić information content (AvgIpc) is 3.12. The van der Waals surface area contributed by atoms with Gasteiger partial charge in [-0.05, 0) is 41.3 Å². The van der Waals surface area contributed by atoms with Crippen LogP contribution < -0.4 is 14.8 Å². The molecule has 0 spiro atoms. The minimum Gasteiger partial charge on any atom is -0.493 e. The van der Waals surface area contributed by atoms with E-state index in [-0.39, 0.29) is 6.61 Å². The lowest BCUT2D eigenvalue weighted by Gasteiger charge is -2.16. The van der Waals surface area contributed by atoms with E-state index in [0.717, 1.165) is 29.7 Å². The van der Waals surface area contributed by atoms with Crippen LogP contribution in [0.2, 0.25) is 0 Å². The third-order valence-electron chi connectivity index (χ3n) is 4.31. The zero-order valence-electron chi connectivity index (χ0n) is 14.5. The second kappa shape index (κ2) is 7.91. The Morgan fingerprint density at radius 3 is 2.85 bits per heavy atom. The molecule has 26 heavy (non-hydrogen) atoms. The van der Waals surface area contributed by atoms with Crippen LogP contribution in [0.25, 0.3) is 0 Å². The van der Waals surface area contributed by atoms with Gasteiger partial charge in [-0.2, -0.15) is 0 Å². The quantitative estimate of drug-likeness (QED) is 0.797. The summed E-state index contributed by atoms with van der Waals surface area (Å²) in [6.45, 7) is 2.35. The van der Waals surface area contributed by atoms with Crippen molar-refractivity contribution in [3.05, 3.63) is 59.2 Å². The highest BCUT2D eigenvalue weighted by Crippen LogP contribution is 2.28. The summed E-state index contributed by atoms with van der Waals surface area (Å²) in [5.74, 6) is -0.207. The SMILES string of the molecule is CCc1ccccc1OCC(=O)NC(C(=O)O)c1ccc2c(c1)CCO2. The van der Waals surface area contributed by atoms with Crippen molar-refractivity contribution in [3.8, 4) is 11.5 Å². The zero-order valence-corrected chi connectivity index (χ0v) is 14.5. The number of carbonyl (C=O) groups is 2. The molecule has 136 valence electrons. The summed E-state index contributed by atoms with van der Waals surface area (Å²) in [6, 6.07) is 11.5. The number of carbonyl (C=O) groups excluding carboxylic acids is 1. The highest BCUT2D eigenvalue weighted by molar-refractivity contribution is 5.85. The topological polar surface area (TPSA) is 84.9 Å². The second-order valence-electron chi connectivity index (χ2n) is 6.05. The highest BCUT2D eigenvalue weighted by atomic mass is 16.5. The van der Waals surface area contributed by atoms with Gasteiger partial charge in [0.25, 0.3) is 5.91 Å². The number of amides is 1. The van der Waals surface area contributed by atoms with Gasteiger partial charge in [-0.15, -0.1) is 0 Å². The minimum atomic E-state index is -1.13. The molecule has 0 saturated carbocycles. The van der Waals surface area contributed by atoms with Crippen LogP contribution in [-0.4, -0.2) is 30.2 Å². The summed E-state index contributed by atoms with van der Waals surface area (Å²) >= 11 is 0. The largest absolute Gasteiger partial charge is 0.493 e. The first-order valence-corrected chi connectivity index (χ1v) is 8.57. The normalized spacial score (nSPS) is 13.4. The fourth-order valence-corrected chi connectivity index (χ4v) is 2.96. The number of ether oxygens (including phenoxy) is 2. The van der Waals surface area contributed by atoms with Crippen LogP contribution in [0, 0.1) is 0 Å². The van der Waals surface area contributed by atoms with Crippen LogP contribution in [0.3, 0.4) is 0 Å². The summed E-state index contributed by atoms with van der Waals surface area (Å²) < 4.78 is 11.0. The molecular formula is C20H21NO5. The summed E-state index contributed by atoms with van der Waals surface area (Å²) in [5, 5.41) is 12.0. The smallest absolute Gasteiger partial charge is 0.330 e. The van der Waals surface area contributed by atoms with E-state index >= 15 is 0 Å². The molecule has 1 aliphatic heterocycles. The number of carboxylic acids is 1. The van der Waals surface area contributed by atoms with Gasteiger partial charge in [-0.25, -0.2) is 4.79 Å². The zero-order chi connectivity index (χ0) is 18.5. The maximum atomic E-state index is 12.2. The third-order valence-corrected chi connectivity index (χ3v) is 4.31. The van der Waals surface area contributed by atoms with Crippen LogP contribution >= 0.6 is 0 Å². The predicted molar refractivity (Wildman–Crippen MR) is 95.5 cm³/mol. The summed E-state index contributed by atoms with van der Waals surface area (Å²) in [7, 11) is 0. The number of hydrogen-bond donors (Lipinski definition) is 2. The predicted octanol–water partition coefficient (Wildman–Crippen LogP) is 2.50. The van der Waals surface area contributed by atoms with E-state index < -0.39 is 17.9 Å². The van der Waals surface area contributed by atoms with Gasteiger partial charge in [-0.1, -0.05) is 31.2 Å². The standard InChI is InChI=1S/C20H21NO5/c1-2-13-5-3-4-6-16(13)26-12-18(22)21-19(20(23)24)15-7-8-17-14(11-15)9-10-25-17/h3-8,11,19H,2,9-10,12H2,1H3,(H,21,22)(H,23,24). The van der Waals surface area contributed by atoms with E-state index in [2.05, 4.69) is 5.32 Å². The molecule has 6 nitrogen and oxygen atoms in total. The Bertz CT molecular complexity index is 818. The summed E-state index contributed by atoms with van der Waals surface area (Å²) in [5.41, 5.74) is 2.47. The maximum absolute atomic E-state index is 12.2. The van der Waals surface area contributed by atoms with E-state index in [1.54, 1.807) is 24.3 Å². The number of nitrogens with one attached hydrogen (secondary N) is 1. The van der Waals surface area contributed by atoms with Crippen LogP contribution in [-0.2, 0) is 22.4 Å². The van der Waals surface area contributed by atoms with Crippen molar-refractivity contribution < 1.29 is 24.2 Å². The number of fused-ring (bicyclic) bond motifs is 1. The molecule has 0 fully saturated rings. The lowest BCUT2D eigenvalue weighted by Crippen LogP contribution is -2.36. The third kappa shape index (κ3) is 3.96. The molecule has 0 saturated heterocycles. The van der Waals surface area contributed by atoms with Crippen molar-refractivity contribution in [1.82, 2.24) is 5.32 Å². The van der Waals surface area contributed by atoms with Crippen molar-refractivity contribution >= 4 is 11.9 Å². The Labute approximate surface area is 151 Å². The maximum Gasteiger partial charge on any atom is 0.330 e. The monoisotopic (exact) mass is 355 g/mol. The van der Waals surface area contributed by atoms with E-state index in [4.69, 9.17) is 9.47 Å². The average molecular weight is 355 g/mol. The van der Waals surface area contributed by atoms with Gasteiger partial charge in [0, 0.05) is 6.42 Å². The minimum absolute atomic E-state index is 0.241. The molecule has 3 rings (SSSR count). The van der Waals surface area contributed by atoms with Gasteiger partial charge in [0.05, 0.1) is 6.61 Å². The fraction of sp³-hybridized carbons (Fsp3) is 0.300. The fourth-order valence-electron chi connectivity index (χ4n) is 2.96. The number of carboxylic acid groups (broad SMARTS) is 1. The molecule has 1 amide bonds. The van der Waals surface area contributed by atoms with E-state index in [9.17, 15) is 14.7 Å². The highest BCUT2D eigenvalue weighted by Gasteiger charge is 2.24. The number of aryl methyl sites for hydroxylation is 1. The Kier molecular flexibility index (Phi) is 5.41. The lowest BCUT2D eigenvalue weighted by atomic mass is 10.0. The Hall–Kier alpha value is -3.02. The van der Waals surface area contributed by atoms with Crippen molar-refractivity contribution in [1.29, 1.82) is 0 Å². The molecule has 0 radical (unpaired) electrons. The number of rotatable bonds is 7. The van der Waals surface area contributed by atoms with E-state index in [0.29, 0.717) is 17.9 Å². The first kappa shape index (κ1) is 17.8. The molecule has 0 aromatic heterocycles. The summed E-state index contributed by atoms with van der Waals surface area (Å²) in [6.07, 6.45) is 1.52. The molecule has 1 heterocycles. The molecule has 6 heteroatoms. The van der Waals surface area contributed by atoms with Gasteiger partial charge >= 0.3 is 5.97 Å². The van der Waals surface area contributed by atoms with Crippen molar-refractivity contribution in [2.45, 2.75) is 25.8 Å². The molecule has 1 atom stereocenters. The number of hydrogen-bond acceptors (Lipinski definition) is 4. The van der Waals surface area contributed by atoms with Gasteiger partial charge in [-0.3, -0.25) is 4.79 Å². The molecule has 1 aliphatic rings. The van der Waals surface area contributed by atoms with E-state index in [1.165, 1.54) is 0 Å². The van der Waals surface area contributed by atoms with Crippen molar-refractivity contribution in [3.63, 3.8) is 0 Å². The second-order valence-corrected chi connectivity index (χ2v) is 6.05. The number of para-hydroxylation sites is 1.